The highest BCUT2D eigenvalue weighted by atomic mass is 32.2. The van der Waals surface area contributed by atoms with Crippen LogP contribution in [-0.2, 0) is 14.8 Å². The van der Waals surface area contributed by atoms with Crippen molar-refractivity contribution in [2.24, 2.45) is 0 Å². The molecule has 27 heavy (non-hydrogen) atoms. The highest BCUT2D eigenvalue weighted by Crippen LogP contribution is 2.22. The molecule has 146 valence electrons. The van der Waals surface area contributed by atoms with Crippen LogP contribution in [0.4, 0.5) is 5.69 Å². The number of benzene rings is 2. The van der Waals surface area contributed by atoms with Gasteiger partial charge in [-0.05, 0) is 68.7 Å². The molecule has 0 spiro atoms. The van der Waals surface area contributed by atoms with E-state index in [-0.39, 0.29) is 23.5 Å². The minimum atomic E-state index is -3.70. The topological polar surface area (TPSA) is 84.5 Å². The largest absolute Gasteiger partial charge is 0.484 e. The fraction of sp³-hybridized carbons (Fsp3) is 0.350. The third kappa shape index (κ3) is 5.99. The van der Waals surface area contributed by atoms with Crippen molar-refractivity contribution in [2.75, 3.05) is 11.3 Å². The standard InChI is InChI=1S/C20H26N2O4S/c1-5-16(4)21-20(23)13-26-17-8-10-18(11-9-17)27(24,25)22-19-12-14(2)6-7-15(19)3/h6-12,16,22H,5,13H2,1-4H3,(H,21,23)/t16-/m1/s1. The second-order valence-electron chi connectivity index (χ2n) is 6.56. The van der Waals surface area contributed by atoms with E-state index in [4.69, 9.17) is 4.74 Å². The molecule has 1 amide bonds. The van der Waals surface area contributed by atoms with E-state index in [1.807, 2.05) is 39.8 Å². The summed E-state index contributed by atoms with van der Waals surface area (Å²) in [6.45, 7) is 7.54. The molecule has 0 fully saturated rings. The normalized spacial score (nSPS) is 12.3. The van der Waals surface area contributed by atoms with E-state index in [2.05, 4.69) is 10.0 Å². The zero-order valence-electron chi connectivity index (χ0n) is 16.1. The van der Waals surface area contributed by atoms with E-state index in [9.17, 15) is 13.2 Å². The fourth-order valence-electron chi connectivity index (χ4n) is 2.33. The van der Waals surface area contributed by atoms with Crippen molar-refractivity contribution in [3.05, 3.63) is 53.6 Å². The Bertz CT molecular complexity index is 893. The Morgan fingerprint density at radius 1 is 1.11 bits per heavy atom. The van der Waals surface area contributed by atoms with E-state index in [1.54, 1.807) is 6.07 Å². The predicted octanol–water partition coefficient (Wildman–Crippen LogP) is 3.40. The third-order valence-corrected chi connectivity index (χ3v) is 5.54. The number of carbonyl (C=O) groups excluding carboxylic acids is 1. The van der Waals surface area contributed by atoms with E-state index >= 15 is 0 Å². The molecule has 0 saturated heterocycles. The van der Waals surface area contributed by atoms with Gasteiger partial charge in [0.05, 0.1) is 10.6 Å². The molecule has 0 aliphatic heterocycles. The maximum atomic E-state index is 12.6. The average molecular weight is 391 g/mol. The molecule has 0 aromatic heterocycles. The first-order valence-corrected chi connectivity index (χ1v) is 10.3. The zero-order valence-corrected chi connectivity index (χ0v) is 16.9. The number of hydrogen-bond donors (Lipinski definition) is 2. The highest BCUT2D eigenvalue weighted by Gasteiger charge is 2.16. The molecule has 0 heterocycles. The first-order valence-electron chi connectivity index (χ1n) is 8.83. The Balaban J connectivity index is 2.03. The van der Waals surface area contributed by atoms with Crippen LogP contribution in [-0.4, -0.2) is 27.0 Å². The summed E-state index contributed by atoms with van der Waals surface area (Å²) in [5.74, 6) is 0.220. The predicted molar refractivity (Wildman–Crippen MR) is 107 cm³/mol. The van der Waals surface area contributed by atoms with Crippen LogP contribution < -0.4 is 14.8 Å². The van der Waals surface area contributed by atoms with Gasteiger partial charge in [-0.2, -0.15) is 0 Å². The number of anilines is 1. The van der Waals surface area contributed by atoms with Gasteiger partial charge >= 0.3 is 0 Å². The number of rotatable bonds is 8. The minimum absolute atomic E-state index is 0.0878. The lowest BCUT2D eigenvalue weighted by atomic mass is 10.1. The van der Waals surface area contributed by atoms with Crippen LogP contribution in [0.2, 0.25) is 0 Å². The highest BCUT2D eigenvalue weighted by molar-refractivity contribution is 7.92. The molecule has 1 atom stereocenters. The van der Waals surface area contributed by atoms with Gasteiger partial charge in [-0.15, -0.1) is 0 Å². The van der Waals surface area contributed by atoms with Gasteiger partial charge in [-0.25, -0.2) is 8.42 Å². The molecule has 2 aromatic carbocycles. The summed E-state index contributed by atoms with van der Waals surface area (Å²) in [6, 6.07) is 11.7. The Morgan fingerprint density at radius 3 is 2.41 bits per heavy atom. The van der Waals surface area contributed by atoms with Crippen LogP contribution >= 0.6 is 0 Å². The number of amides is 1. The van der Waals surface area contributed by atoms with Crippen LogP contribution in [0.25, 0.3) is 0 Å². The zero-order chi connectivity index (χ0) is 20.0. The molecule has 2 aromatic rings. The summed E-state index contributed by atoms with van der Waals surface area (Å²) in [5.41, 5.74) is 2.37. The smallest absolute Gasteiger partial charge is 0.261 e. The molecule has 0 bridgehead atoms. The van der Waals surface area contributed by atoms with Crippen LogP contribution in [0.1, 0.15) is 31.4 Å². The quantitative estimate of drug-likeness (QED) is 0.723. The SMILES string of the molecule is CC[C@@H](C)NC(=O)COc1ccc(S(=O)(=O)Nc2cc(C)ccc2C)cc1. The average Bonchev–Trinajstić information content (AvgIpc) is 2.63. The summed E-state index contributed by atoms with van der Waals surface area (Å²) in [7, 11) is -3.70. The van der Waals surface area contributed by atoms with Gasteiger partial charge in [0, 0.05) is 6.04 Å². The van der Waals surface area contributed by atoms with Crippen LogP contribution in [0.5, 0.6) is 5.75 Å². The Hall–Kier alpha value is -2.54. The van der Waals surface area contributed by atoms with Crippen molar-refractivity contribution >= 4 is 21.6 Å². The second-order valence-corrected chi connectivity index (χ2v) is 8.24. The van der Waals surface area contributed by atoms with Crippen molar-refractivity contribution in [2.45, 2.75) is 45.1 Å². The maximum Gasteiger partial charge on any atom is 0.261 e. The van der Waals surface area contributed by atoms with Gasteiger partial charge in [0.2, 0.25) is 0 Å². The van der Waals surface area contributed by atoms with E-state index in [0.29, 0.717) is 11.4 Å². The Labute approximate surface area is 161 Å². The number of sulfonamides is 1. The minimum Gasteiger partial charge on any atom is -0.484 e. The summed E-state index contributed by atoms with van der Waals surface area (Å²) < 4.78 is 33.2. The van der Waals surface area contributed by atoms with E-state index in [0.717, 1.165) is 17.5 Å². The number of ether oxygens (including phenoxy) is 1. The third-order valence-electron chi connectivity index (χ3n) is 4.16. The Kier molecular flexibility index (Phi) is 6.85. The van der Waals surface area contributed by atoms with Gasteiger partial charge in [-0.3, -0.25) is 9.52 Å². The lowest BCUT2D eigenvalue weighted by Crippen LogP contribution is -2.35. The number of nitrogens with one attached hydrogen (secondary N) is 2. The van der Waals surface area contributed by atoms with Gasteiger partial charge in [0.15, 0.2) is 6.61 Å². The molecule has 7 heteroatoms. The summed E-state index contributed by atoms with van der Waals surface area (Å²) in [4.78, 5) is 11.9. The van der Waals surface area contributed by atoms with E-state index < -0.39 is 10.0 Å². The van der Waals surface area contributed by atoms with Gasteiger partial charge in [-0.1, -0.05) is 19.1 Å². The molecule has 0 unspecified atom stereocenters. The van der Waals surface area contributed by atoms with E-state index in [1.165, 1.54) is 24.3 Å². The van der Waals surface area contributed by atoms with Crippen molar-refractivity contribution in [1.82, 2.24) is 5.32 Å². The summed E-state index contributed by atoms with van der Waals surface area (Å²) in [6.07, 6.45) is 0.839. The first kappa shape index (κ1) is 20.8. The van der Waals surface area contributed by atoms with Gasteiger partial charge in [0.1, 0.15) is 5.75 Å². The number of carbonyl (C=O) groups is 1. The lowest BCUT2D eigenvalue weighted by molar-refractivity contribution is -0.123. The molecule has 0 aliphatic rings. The van der Waals surface area contributed by atoms with Crippen molar-refractivity contribution in [3.8, 4) is 5.75 Å². The fourth-order valence-corrected chi connectivity index (χ4v) is 3.45. The number of hydrogen-bond acceptors (Lipinski definition) is 4. The molecule has 0 saturated carbocycles. The van der Waals surface area contributed by atoms with Crippen LogP contribution in [0, 0.1) is 13.8 Å². The van der Waals surface area contributed by atoms with Crippen LogP contribution in [0.3, 0.4) is 0 Å². The second kappa shape index (κ2) is 8.90. The summed E-state index contributed by atoms with van der Waals surface area (Å²) >= 11 is 0. The Morgan fingerprint density at radius 2 is 1.78 bits per heavy atom. The van der Waals surface area contributed by atoms with Gasteiger partial charge in [0.25, 0.3) is 15.9 Å². The monoisotopic (exact) mass is 390 g/mol. The molecule has 2 N–H and O–H groups in total. The van der Waals surface area contributed by atoms with Crippen molar-refractivity contribution in [1.29, 1.82) is 0 Å². The number of aryl methyl sites for hydroxylation is 2. The summed E-state index contributed by atoms with van der Waals surface area (Å²) in [5, 5.41) is 2.80. The van der Waals surface area contributed by atoms with Crippen molar-refractivity contribution < 1.29 is 17.9 Å². The molecular formula is C20H26N2O4S. The first-order chi connectivity index (χ1) is 12.7. The van der Waals surface area contributed by atoms with Crippen molar-refractivity contribution in [3.63, 3.8) is 0 Å². The van der Waals surface area contributed by atoms with Gasteiger partial charge < -0.3 is 10.1 Å². The van der Waals surface area contributed by atoms with Crippen LogP contribution in [0.15, 0.2) is 47.4 Å². The maximum absolute atomic E-state index is 12.6. The lowest BCUT2D eigenvalue weighted by Gasteiger charge is -2.13. The molecule has 0 aliphatic carbocycles. The molecule has 0 radical (unpaired) electrons. The molecular weight excluding hydrogens is 364 g/mol. The molecule has 2 rings (SSSR count). The molecule has 6 nitrogen and oxygen atoms in total.